The second kappa shape index (κ2) is 7.98. The Hall–Kier alpha value is -2.91. The zero-order valence-electron chi connectivity index (χ0n) is 14.7. The number of para-hydroxylation sites is 2. The van der Waals surface area contributed by atoms with Gasteiger partial charge in [-0.1, -0.05) is 36.4 Å². The van der Waals surface area contributed by atoms with Crippen molar-refractivity contribution in [2.24, 2.45) is 0 Å². The summed E-state index contributed by atoms with van der Waals surface area (Å²) in [5.41, 5.74) is 1.68. The normalized spacial score (nSPS) is 10.8. The third kappa shape index (κ3) is 4.80. The molecule has 0 unspecified atom stereocenters. The van der Waals surface area contributed by atoms with E-state index in [0.29, 0.717) is 17.2 Å². The van der Waals surface area contributed by atoms with E-state index in [9.17, 15) is 4.57 Å². The van der Waals surface area contributed by atoms with Crippen LogP contribution in [-0.4, -0.2) is 14.1 Å². The van der Waals surface area contributed by atoms with Crippen molar-refractivity contribution in [1.82, 2.24) is 0 Å². The lowest BCUT2D eigenvalue weighted by molar-refractivity contribution is 0.393. The number of benzene rings is 3. The Morgan fingerprint density at radius 2 is 1.19 bits per heavy atom. The number of nitrogens with one attached hydrogen (secondary N) is 1. The van der Waals surface area contributed by atoms with Crippen LogP contribution in [0.4, 0.5) is 11.4 Å². The molecule has 1 N–H and O–H groups in total. The number of nitrogens with zero attached hydrogens (tertiary/aromatic N) is 1. The maximum absolute atomic E-state index is 13.4. The molecule has 0 radical (unpaired) electrons. The summed E-state index contributed by atoms with van der Waals surface area (Å²) >= 11 is 0. The highest BCUT2D eigenvalue weighted by Crippen LogP contribution is 2.48. The molecule has 3 aromatic carbocycles. The van der Waals surface area contributed by atoms with E-state index >= 15 is 0 Å². The molecule has 0 aromatic heterocycles. The van der Waals surface area contributed by atoms with Gasteiger partial charge in [0.15, 0.2) is 0 Å². The van der Waals surface area contributed by atoms with Crippen molar-refractivity contribution in [2.45, 2.75) is 0 Å². The summed E-state index contributed by atoms with van der Waals surface area (Å²) in [5, 5.41) is 2.91. The number of hydrogen-bond acceptors (Lipinski definition) is 4. The second-order valence-corrected chi connectivity index (χ2v) is 7.44. The zero-order valence-corrected chi connectivity index (χ0v) is 15.6. The van der Waals surface area contributed by atoms with Crippen LogP contribution in [0.1, 0.15) is 0 Å². The van der Waals surface area contributed by atoms with Gasteiger partial charge >= 0.3 is 7.75 Å². The van der Waals surface area contributed by atoms with Crippen molar-refractivity contribution in [3.63, 3.8) is 0 Å². The summed E-state index contributed by atoms with van der Waals surface area (Å²) in [6, 6.07) is 25.5. The molecule has 3 aromatic rings. The smallest absolute Gasteiger partial charge is 0.400 e. The SMILES string of the molecule is CN(C)c1ccc(NP(=O)(Oc2ccccc2)Oc2ccccc2)cc1. The van der Waals surface area contributed by atoms with E-state index in [0.717, 1.165) is 5.69 Å². The lowest BCUT2D eigenvalue weighted by atomic mass is 10.3. The molecular weight excluding hydrogens is 347 g/mol. The van der Waals surface area contributed by atoms with Gasteiger partial charge in [0.05, 0.1) is 0 Å². The van der Waals surface area contributed by atoms with Crippen molar-refractivity contribution in [3.05, 3.63) is 84.9 Å². The van der Waals surface area contributed by atoms with Crippen LogP contribution in [0.15, 0.2) is 84.9 Å². The minimum atomic E-state index is -3.69. The molecule has 26 heavy (non-hydrogen) atoms. The van der Waals surface area contributed by atoms with E-state index in [1.54, 1.807) is 24.3 Å². The maximum Gasteiger partial charge on any atom is 0.541 e. The van der Waals surface area contributed by atoms with Crippen LogP contribution in [0, 0.1) is 0 Å². The molecule has 0 amide bonds. The predicted molar refractivity (Wildman–Crippen MR) is 106 cm³/mol. The number of anilines is 2. The molecular formula is C20H21N2O3P. The number of hydrogen-bond donors (Lipinski definition) is 1. The van der Waals surface area contributed by atoms with Crippen LogP contribution in [0.3, 0.4) is 0 Å². The summed E-state index contributed by atoms with van der Waals surface area (Å²) in [4.78, 5) is 1.99. The molecule has 134 valence electrons. The minimum Gasteiger partial charge on any atom is -0.400 e. The van der Waals surface area contributed by atoms with Crippen LogP contribution in [-0.2, 0) is 4.57 Å². The summed E-state index contributed by atoms with van der Waals surface area (Å²) in [6.07, 6.45) is 0. The molecule has 0 saturated heterocycles. The van der Waals surface area contributed by atoms with Crippen LogP contribution in [0.5, 0.6) is 11.5 Å². The van der Waals surface area contributed by atoms with Gasteiger partial charge in [0.2, 0.25) is 0 Å². The molecule has 0 saturated carbocycles. The molecule has 5 nitrogen and oxygen atoms in total. The highest BCUT2D eigenvalue weighted by atomic mass is 31.2. The number of rotatable bonds is 7. The molecule has 0 fully saturated rings. The topological polar surface area (TPSA) is 50.8 Å². The first-order valence-corrected chi connectivity index (χ1v) is 9.73. The average Bonchev–Trinajstić information content (AvgIpc) is 2.63. The Morgan fingerprint density at radius 1 is 0.731 bits per heavy atom. The predicted octanol–water partition coefficient (Wildman–Crippen LogP) is 5.43. The van der Waals surface area contributed by atoms with Crippen molar-refractivity contribution in [2.75, 3.05) is 24.1 Å². The van der Waals surface area contributed by atoms with Crippen LogP contribution in [0.25, 0.3) is 0 Å². The summed E-state index contributed by atoms with van der Waals surface area (Å²) in [7, 11) is 0.238. The zero-order chi connectivity index (χ0) is 18.4. The van der Waals surface area contributed by atoms with E-state index in [4.69, 9.17) is 9.05 Å². The van der Waals surface area contributed by atoms with Crippen LogP contribution < -0.4 is 19.0 Å². The van der Waals surface area contributed by atoms with E-state index in [1.165, 1.54) is 0 Å². The first-order chi connectivity index (χ1) is 12.5. The third-order valence-corrected chi connectivity index (χ3v) is 5.02. The fourth-order valence-electron chi connectivity index (χ4n) is 2.30. The van der Waals surface area contributed by atoms with Gasteiger partial charge in [-0.2, -0.15) is 0 Å². The van der Waals surface area contributed by atoms with Gasteiger partial charge in [0.25, 0.3) is 0 Å². The molecule has 3 rings (SSSR count). The third-order valence-electron chi connectivity index (χ3n) is 3.59. The highest BCUT2D eigenvalue weighted by molar-refractivity contribution is 7.56. The van der Waals surface area contributed by atoms with Crippen LogP contribution in [0.2, 0.25) is 0 Å². The second-order valence-electron chi connectivity index (χ2n) is 5.86. The first-order valence-electron chi connectivity index (χ1n) is 8.19. The monoisotopic (exact) mass is 368 g/mol. The maximum atomic E-state index is 13.4. The lowest BCUT2D eigenvalue weighted by Crippen LogP contribution is -2.11. The minimum absolute atomic E-state index is 0.462. The Morgan fingerprint density at radius 3 is 1.62 bits per heavy atom. The molecule has 0 heterocycles. The van der Waals surface area contributed by atoms with Gasteiger partial charge < -0.3 is 13.9 Å². The van der Waals surface area contributed by atoms with E-state index in [-0.39, 0.29) is 0 Å². The quantitative estimate of drug-likeness (QED) is 0.564. The average molecular weight is 368 g/mol. The Labute approximate surface area is 153 Å². The molecule has 0 aliphatic carbocycles. The van der Waals surface area contributed by atoms with Crippen molar-refractivity contribution in [1.29, 1.82) is 0 Å². The summed E-state index contributed by atoms with van der Waals surface area (Å²) in [6.45, 7) is 0. The first kappa shape index (κ1) is 17.9. The standard InChI is InChI=1S/C20H21N2O3P/c1-22(2)18-15-13-17(14-16-18)21-26(23,24-19-9-5-3-6-10-19)25-20-11-7-4-8-12-20/h3-16H,1-2H3,(H,21,23). The van der Waals surface area contributed by atoms with E-state index in [2.05, 4.69) is 5.09 Å². The molecule has 0 bridgehead atoms. The molecule has 0 atom stereocenters. The molecule has 0 spiro atoms. The largest absolute Gasteiger partial charge is 0.541 e. The fraction of sp³-hybridized carbons (Fsp3) is 0.100. The van der Waals surface area contributed by atoms with Gasteiger partial charge in [-0.25, -0.2) is 4.57 Å². The Kier molecular flexibility index (Phi) is 5.49. The molecule has 0 aliphatic heterocycles. The van der Waals surface area contributed by atoms with Gasteiger partial charge in [0, 0.05) is 25.5 Å². The summed E-state index contributed by atoms with van der Waals surface area (Å²) in [5.74, 6) is 0.924. The molecule has 0 aliphatic rings. The van der Waals surface area contributed by atoms with Gasteiger partial charge in [0.1, 0.15) is 11.5 Å². The van der Waals surface area contributed by atoms with Gasteiger partial charge in [-0.05, 0) is 48.5 Å². The molecule has 6 heteroatoms. The summed E-state index contributed by atoms with van der Waals surface area (Å²) < 4.78 is 24.8. The van der Waals surface area contributed by atoms with Crippen molar-refractivity contribution < 1.29 is 13.6 Å². The van der Waals surface area contributed by atoms with E-state index in [1.807, 2.05) is 79.7 Å². The van der Waals surface area contributed by atoms with Crippen molar-refractivity contribution >= 4 is 19.1 Å². The fourth-order valence-corrected chi connectivity index (χ4v) is 3.69. The lowest BCUT2D eigenvalue weighted by Gasteiger charge is -2.21. The van der Waals surface area contributed by atoms with Crippen molar-refractivity contribution in [3.8, 4) is 11.5 Å². The Bertz CT molecular complexity index is 823. The Balaban J connectivity index is 1.85. The highest BCUT2D eigenvalue weighted by Gasteiger charge is 2.29. The van der Waals surface area contributed by atoms with Gasteiger partial charge in [-0.3, -0.25) is 5.09 Å². The van der Waals surface area contributed by atoms with E-state index < -0.39 is 7.75 Å². The van der Waals surface area contributed by atoms with Gasteiger partial charge in [-0.15, -0.1) is 0 Å². The van der Waals surface area contributed by atoms with Crippen LogP contribution >= 0.6 is 7.75 Å².